The Labute approximate surface area is 124 Å². The second-order valence-electron chi connectivity index (χ2n) is 6.50. The van der Waals surface area contributed by atoms with E-state index in [1.54, 1.807) is 0 Å². The van der Waals surface area contributed by atoms with Gasteiger partial charge in [-0.1, -0.05) is 18.0 Å². The fourth-order valence-corrected chi connectivity index (χ4v) is 4.15. The maximum absolute atomic E-state index is 12.7. The second-order valence-corrected chi connectivity index (χ2v) is 6.50. The summed E-state index contributed by atoms with van der Waals surface area (Å²) in [6.07, 6.45) is 8.18. The zero-order valence-corrected chi connectivity index (χ0v) is 12.3. The van der Waals surface area contributed by atoms with Crippen LogP contribution >= 0.6 is 0 Å². The van der Waals surface area contributed by atoms with Crippen LogP contribution in [0, 0.1) is 5.92 Å². The van der Waals surface area contributed by atoms with Crippen LogP contribution < -0.4 is 5.32 Å². The number of fused-ring (bicyclic) bond motifs is 1. The van der Waals surface area contributed by atoms with Crippen molar-refractivity contribution in [2.45, 2.75) is 57.0 Å². The maximum atomic E-state index is 12.7. The van der Waals surface area contributed by atoms with Crippen LogP contribution in [0.5, 0.6) is 0 Å². The van der Waals surface area contributed by atoms with Crippen LogP contribution in [0.1, 0.15) is 67.5 Å². The predicted octanol–water partition coefficient (Wildman–Crippen LogP) is 1.90. The molecule has 1 aliphatic carbocycles. The van der Waals surface area contributed by atoms with Gasteiger partial charge in [0.05, 0.1) is 6.04 Å². The Balaban J connectivity index is 1.49. The Kier molecular flexibility index (Phi) is 3.41. The monoisotopic (exact) mass is 290 g/mol. The lowest BCUT2D eigenvalue weighted by molar-refractivity contribution is 0.0674. The molecule has 3 atom stereocenters. The molecule has 3 unspecified atom stereocenters. The van der Waals surface area contributed by atoms with Crippen molar-refractivity contribution in [2.24, 2.45) is 5.92 Å². The van der Waals surface area contributed by atoms with Gasteiger partial charge in [0.2, 0.25) is 5.89 Å². The SMILES string of the molecule is O=C(c1noc(C2CCCN2)n1)N1CCC2CCCCC21. The summed E-state index contributed by atoms with van der Waals surface area (Å²) in [5, 5.41) is 7.24. The lowest BCUT2D eigenvalue weighted by atomic mass is 9.85. The lowest BCUT2D eigenvalue weighted by Crippen LogP contribution is -2.39. The normalized spacial score (nSPS) is 32.4. The molecule has 3 fully saturated rings. The van der Waals surface area contributed by atoms with E-state index in [-0.39, 0.29) is 17.8 Å². The third kappa shape index (κ3) is 2.35. The maximum Gasteiger partial charge on any atom is 0.295 e. The number of hydrogen-bond acceptors (Lipinski definition) is 5. The van der Waals surface area contributed by atoms with Gasteiger partial charge in [0, 0.05) is 12.6 Å². The number of nitrogens with zero attached hydrogens (tertiary/aromatic N) is 3. The summed E-state index contributed by atoms with van der Waals surface area (Å²) in [7, 11) is 0. The van der Waals surface area contributed by atoms with Gasteiger partial charge in [0.25, 0.3) is 11.7 Å². The third-order valence-corrected chi connectivity index (χ3v) is 5.26. The Bertz CT molecular complexity index is 523. The Morgan fingerprint density at radius 3 is 2.95 bits per heavy atom. The Hall–Kier alpha value is -1.43. The van der Waals surface area contributed by atoms with Crippen molar-refractivity contribution in [3.05, 3.63) is 11.7 Å². The van der Waals surface area contributed by atoms with E-state index in [9.17, 15) is 4.79 Å². The van der Waals surface area contributed by atoms with Crippen molar-refractivity contribution in [3.8, 4) is 0 Å². The molecule has 1 saturated carbocycles. The molecule has 1 N–H and O–H groups in total. The second kappa shape index (κ2) is 5.40. The molecule has 114 valence electrons. The van der Waals surface area contributed by atoms with E-state index in [0.29, 0.717) is 17.9 Å². The number of likely N-dealkylation sites (tertiary alicyclic amines) is 1. The standard InChI is InChI=1S/C15H22N4O2/c20-15(19-9-7-10-4-1-2-6-12(10)19)13-17-14(21-18-13)11-5-3-8-16-11/h10-12,16H,1-9H2. The van der Waals surface area contributed by atoms with Crippen LogP contribution in [0.3, 0.4) is 0 Å². The smallest absolute Gasteiger partial charge is 0.295 e. The molecule has 0 spiro atoms. The summed E-state index contributed by atoms with van der Waals surface area (Å²) in [5.74, 6) is 1.45. The first-order valence-electron chi connectivity index (χ1n) is 8.21. The highest BCUT2D eigenvalue weighted by Gasteiger charge is 2.40. The number of carbonyl (C=O) groups excluding carboxylic acids is 1. The van der Waals surface area contributed by atoms with Crippen LogP contribution in [0.15, 0.2) is 4.52 Å². The van der Waals surface area contributed by atoms with E-state index >= 15 is 0 Å². The predicted molar refractivity (Wildman–Crippen MR) is 75.7 cm³/mol. The van der Waals surface area contributed by atoms with E-state index in [4.69, 9.17) is 4.52 Å². The van der Waals surface area contributed by atoms with Gasteiger partial charge in [-0.25, -0.2) is 0 Å². The average molecular weight is 290 g/mol. The Morgan fingerprint density at radius 2 is 2.10 bits per heavy atom. The van der Waals surface area contributed by atoms with Gasteiger partial charge < -0.3 is 14.7 Å². The number of rotatable bonds is 2. The molecule has 6 heteroatoms. The molecule has 0 aromatic carbocycles. The Morgan fingerprint density at radius 1 is 1.19 bits per heavy atom. The molecule has 0 radical (unpaired) electrons. The minimum absolute atomic E-state index is 0.0441. The molecule has 3 heterocycles. The van der Waals surface area contributed by atoms with Crippen LogP contribution in [-0.2, 0) is 0 Å². The summed E-state index contributed by atoms with van der Waals surface area (Å²) in [6.45, 7) is 1.83. The fraction of sp³-hybridized carbons (Fsp3) is 0.800. The van der Waals surface area contributed by atoms with Crippen LogP contribution in [0.4, 0.5) is 0 Å². The first-order chi connectivity index (χ1) is 10.3. The molecule has 2 saturated heterocycles. The molecule has 1 amide bonds. The lowest BCUT2D eigenvalue weighted by Gasteiger charge is -2.30. The third-order valence-electron chi connectivity index (χ3n) is 5.26. The zero-order chi connectivity index (χ0) is 14.2. The van der Waals surface area contributed by atoms with E-state index in [1.807, 2.05) is 4.90 Å². The quantitative estimate of drug-likeness (QED) is 0.900. The molecule has 3 aliphatic rings. The van der Waals surface area contributed by atoms with E-state index in [1.165, 1.54) is 19.3 Å². The first kappa shape index (κ1) is 13.2. The van der Waals surface area contributed by atoms with Gasteiger partial charge in [0.15, 0.2) is 0 Å². The van der Waals surface area contributed by atoms with E-state index in [2.05, 4.69) is 15.5 Å². The number of hydrogen-bond donors (Lipinski definition) is 1. The van der Waals surface area contributed by atoms with Gasteiger partial charge in [-0.3, -0.25) is 4.79 Å². The number of nitrogens with one attached hydrogen (secondary N) is 1. The summed E-state index contributed by atoms with van der Waals surface area (Å²) >= 11 is 0. The van der Waals surface area contributed by atoms with Gasteiger partial charge in [-0.05, 0) is 44.6 Å². The molecule has 2 aliphatic heterocycles. The highest BCUT2D eigenvalue weighted by Crippen LogP contribution is 2.36. The van der Waals surface area contributed by atoms with Crippen LogP contribution in [0.2, 0.25) is 0 Å². The minimum atomic E-state index is -0.0441. The topological polar surface area (TPSA) is 71.3 Å². The molecular formula is C15H22N4O2. The average Bonchev–Trinajstić information content (AvgIpc) is 3.25. The molecule has 1 aromatic rings. The summed E-state index contributed by atoms with van der Waals surface area (Å²) in [4.78, 5) is 19.0. The zero-order valence-electron chi connectivity index (χ0n) is 12.3. The molecule has 1 aromatic heterocycles. The summed E-state index contributed by atoms with van der Waals surface area (Å²) in [6, 6.07) is 0.526. The van der Waals surface area contributed by atoms with Crippen molar-refractivity contribution in [2.75, 3.05) is 13.1 Å². The fourth-order valence-electron chi connectivity index (χ4n) is 4.15. The number of aromatic nitrogens is 2. The van der Waals surface area contributed by atoms with Gasteiger partial charge in [-0.2, -0.15) is 4.98 Å². The number of carbonyl (C=O) groups is 1. The molecule has 6 nitrogen and oxygen atoms in total. The van der Waals surface area contributed by atoms with Crippen molar-refractivity contribution < 1.29 is 9.32 Å². The van der Waals surface area contributed by atoms with Crippen molar-refractivity contribution in [3.63, 3.8) is 0 Å². The van der Waals surface area contributed by atoms with Gasteiger partial charge in [-0.15, -0.1) is 0 Å². The molecule has 0 bridgehead atoms. The van der Waals surface area contributed by atoms with Crippen molar-refractivity contribution in [1.29, 1.82) is 0 Å². The van der Waals surface area contributed by atoms with Gasteiger partial charge >= 0.3 is 0 Å². The highest BCUT2D eigenvalue weighted by molar-refractivity contribution is 5.90. The van der Waals surface area contributed by atoms with E-state index in [0.717, 1.165) is 38.8 Å². The van der Waals surface area contributed by atoms with Crippen molar-refractivity contribution >= 4 is 5.91 Å². The summed E-state index contributed by atoms with van der Waals surface area (Å²) in [5.41, 5.74) is 0. The minimum Gasteiger partial charge on any atom is -0.337 e. The first-order valence-corrected chi connectivity index (χ1v) is 8.21. The van der Waals surface area contributed by atoms with Crippen LogP contribution in [-0.4, -0.2) is 40.1 Å². The van der Waals surface area contributed by atoms with Crippen molar-refractivity contribution in [1.82, 2.24) is 20.4 Å². The van der Waals surface area contributed by atoms with Gasteiger partial charge in [0.1, 0.15) is 0 Å². The largest absolute Gasteiger partial charge is 0.337 e. The summed E-state index contributed by atoms with van der Waals surface area (Å²) < 4.78 is 5.29. The van der Waals surface area contributed by atoms with Crippen LogP contribution in [0.25, 0.3) is 0 Å². The van der Waals surface area contributed by atoms with E-state index < -0.39 is 0 Å². The highest BCUT2D eigenvalue weighted by atomic mass is 16.5. The number of amides is 1. The molecule has 4 rings (SSSR count). The molecular weight excluding hydrogens is 268 g/mol. The molecule has 21 heavy (non-hydrogen) atoms.